The van der Waals surface area contributed by atoms with Gasteiger partial charge in [0.05, 0.1) is 11.0 Å². The highest BCUT2D eigenvalue weighted by molar-refractivity contribution is 6.09. The van der Waals surface area contributed by atoms with Crippen molar-refractivity contribution in [2.24, 2.45) is 0 Å². The van der Waals surface area contributed by atoms with E-state index >= 15 is 0 Å². The predicted molar refractivity (Wildman–Crippen MR) is 183 cm³/mol. The Morgan fingerprint density at radius 1 is 0.413 bits per heavy atom. The number of oxazole rings is 1. The highest BCUT2D eigenvalue weighted by atomic mass is 16.3. The number of fused-ring (bicyclic) bond motifs is 4. The minimum Gasteiger partial charge on any atom is -0.436 e. The number of hydrogen-bond donors (Lipinski definition) is 0. The van der Waals surface area contributed by atoms with Gasteiger partial charge >= 0.3 is 0 Å². The summed E-state index contributed by atoms with van der Waals surface area (Å²) in [7, 11) is 0. The van der Waals surface area contributed by atoms with Crippen LogP contribution >= 0.6 is 0 Å². The van der Waals surface area contributed by atoms with Crippen molar-refractivity contribution in [1.29, 1.82) is 0 Å². The van der Waals surface area contributed by atoms with E-state index < -0.39 is 0 Å². The van der Waals surface area contributed by atoms with Crippen LogP contribution in [0.15, 0.2) is 156 Å². The largest absolute Gasteiger partial charge is 0.436 e. The fourth-order valence-corrected chi connectivity index (χ4v) is 6.08. The lowest BCUT2D eigenvalue weighted by Crippen LogP contribution is -2.00. The lowest BCUT2D eigenvalue weighted by atomic mass is 10.1. The van der Waals surface area contributed by atoms with Gasteiger partial charge in [0.2, 0.25) is 5.89 Å². The number of benzene rings is 6. The molecule has 0 atom stereocenters. The summed E-state index contributed by atoms with van der Waals surface area (Å²) >= 11 is 0. The van der Waals surface area contributed by atoms with Gasteiger partial charge in [-0.1, -0.05) is 84.9 Å². The SMILES string of the molecule is c1ccc(-c2nc(-c3ccc(-n4c5ccccc5c5ccccc54)cc3)nc(-c3ccc4nc(-c5ccccc5)oc4c3)n2)cc1. The van der Waals surface area contributed by atoms with Crippen molar-refractivity contribution in [3.8, 4) is 51.3 Å². The van der Waals surface area contributed by atoms with E-state index in [0.717, 1.165) is 33.5 Å². The predicted octanol–water partition coefficient (Wildman–Crippen LogP) is 9.78. The number of nitrogens with zero attached hydrogens (tertiary/aromatic N) is 5. The first-order valence-corrected chi connectivity index (χ1v) is 15.2. The quantitative estimate of drug-likeness (QED) is 0.199. The van der Waals surface area contributed by atoms with Crippen LogP contribution in [0.3, 0.4) is 0 Å². The molecule has 0 saturated heterocycles. The van der Waals surface area contributed by atoms with Crippen LogP contribution in [-0.2, 0) is 0 Å². The molecular formula is C40H25N5O. The number of para-hydroxylation sites is 2. The van der Waals surface area contributed by atoms with E-state index in [4.69, 9.17) is 24.4 Å². The summed E-state index contributed by atoms with van der Waals surface area (Å²) in [6, 6.07) is 51.3. The van der Waals surface area contributed by atoms with E-state index in [2.05, 4.69) is 77.4 Å². The van der Waals surface area contributed by atoms with Gasteiger partial charge in [0, 0.05) is 38.7 Å². The highest BCUT2D eigenvalue weighted by Gasteiger charge is 2.16. The van der Waals surface area contributed by atoms with Crippen molar-refractivity contribution in [3.05, 3.63) is 152 Å². The van der Waals surface area contributed by atoms with E-state index in [1.165, 1.54) is 21.8 Å². The third-order valence-electron chi connectivity index (χ3n) is 8.30. The smallest absolute Gasteiger partial charge is 0.227 e. The zero-order valence-corrected chi connectivity index (χ0v) is 24.6. The number of aromatic nitrogens is 5. The Kier molecular flexibility index (Phi) is 6.03. The number of hydrogen-bond acceptors (Lipinski definition) is 5. The first kappa shape index (κ1) is 26.0. The van der Waals surface area contributed by atoms with Gasteiger partial charge in [0.25, 0.3) is 0 Å². The fraction of sp³-hybridized carbons (Fsp3) is 0. The van der Waals surface area contributed by atoms with Crippen LogP contribution in [0.1, 0.15) is 0 Å². The summed E-state index contributed by atoms with van der Waals surface area (Å²) in [6.07, 6.45) is 0. The van der Waals surface area contributed by atoms with Gasteiger partial charge in [0.15, 0.2) is 23.1 Å². The molecule has 3 aromatic heterocycles. The van der Waals surface area contributed by atoms with Crippen molar-refractivity contribution in [2.45, 2.75) is 0 Å². The van der Waals surface area contributed by atoms with Gasteiger partial charge in [-0.15, -0.1) is 0 Å². The van der Waals surface area contributed by atoms with Crippen LogP contribution < -0.4 is 0 Å². The zero-order chi connectivity index (χ0) is 30.5. The molecule has 9 aromatic rings. The van der Waals surface area contributed by atoms with Crippen molar-refractivity contribution in [1.82, 2.24) is 24.5 Å². The van der Waals surface area contributed by atoms with Gasteiger partial charge in [-0.3, -0.25) is 0 Å². The van der Waals surface area contributed by atoms with E-state index in [0.29, 0.717) is 28.9 Å². The van der Waals surface area contributed by atoms with Gasteiger partial charge in [-0.05, 0) is 66.7 Å². The van der Waals surface area contributed by atoms with E-state index in [-0.39, 0.29) is 0 Å². The van der Waals surface area contributed by atoms with Crippen LogP contribution in [0.2, 0.25) is 0 Å². The van der Waals surface area contributed by atoms with Gasteiger partial charge in [-0.25, -0.2) is 19.9 Å². The maximum Gasteiger partial charge on any atom is 0.227 e. The maximum atomic E-state index is 6.17. The second-order valence-electron chi connectivity index (χ2n) is 11.2. The Labute approximate surface area is 264 Å². The molecule has 0 radical (unpaired) electrons. The Bertz CT molecular complexity index is 2460. The van der Waals surface area contributed by atoms with Crippen LogP contribution in [0.4, 0.5) is 0 Å². The molecule has 0 saturated carbocycles. The Morgan fingerprint density at radius 2 is 0.913 bits per heavy atom. The molecule has 46 heavy (non-hydrogen) atoms. The van der Waals surface area contributed by atoms with Crippen LogP contribution in [0.25, 0.3) is 84.2 Å². The second kappa shape index (κ2) is 10.6. The van der Waals surface area contributed by atoms with Crippen molar-refractivity contribution >= 4 is 32.9 Å². The molecule has 0 amide bonds. The molecule has 0 unspecified atom stereocenters. The Hall–Kier alpha value is -6.40. The molecule has 3 heterocycles. The molecule has 0 bridgehead atoms. The lowest BCUT2D eigenvalue weighted by molar-refractivity contribution is 0.620. The summed E-state index contributed by atoms with van der Waals surface area (Å²) in [5.74, 6) is 2.35. The minimum absolute atomic E-state index is 0.565. The molecule has 9 rings (SSSR count). The monoisotopic (exact) mass is 591 g/mol. The third kappa shape index (κ3) is 4.43. The molecular weight excluding hydrogens is 566 g/mol. The van der Waals surface area contributed by atoms with E-state index in [9.17, 15) is 0 Å². The van der Waals surface area contributed by atoms with Crippen LogP contribution in [0, 0.1) is 0 Å². The van der Waals surface area contributed by atoms with Crippen molar-refractivity contribution in [2.75, 3.05) is 0 Å². The molecule has 6 nitrogen and oxygen atoms in total. The standard InChI is InChI=1S/C40H25N5O/c1-3-11-26(12-4-1)37-42-38(44-39(43-37)29-21-24-33-36(25-29)46-40(41-33)28-13-5-2-6-14-28)27-19-22-30(23-20-27)45-34-17-9-7-15-31(34)32-16-8-10-18-35(32)45/h1-25H. The third-order valence-corrected chi connectivity index (χ3v) is 8.30. The first-order chi connectivity index (χ1) is 22.8. The molecule has 0 N–H and O–H groups in total. The van der Waals surface area contributed by atoms with Crippen molar-refractivity contribution < 1.29 is 4.42 Å². The summed E-state index contributed by atoms with van der Waals surface area (Å²) < 4.78 is 8.48. The van der Waals surface area contributed by atoms with E-state index in [1.807, 2.05) is 78.9 Å². The summed E-state index contributed by atoms with van der Waals surface area (Å²) in [5, 5.41) is 2.47. The lowest BCUT2D eigenvalue weighted by Gasteiger charge is -2.10. The molecule has 0 aliphatic carbocycles. The summed E-state index contributed by atoms with van der Waals surface area (Å²) in [6.45, 7) is 0. The topological polar surface area (TPSA) is 69.6 Å². The highest BCUT2D eigenvalue weighted by Crippen LogP contribution is 2.33. The maximum absolute atomic E-state index is 6.17. The molecule has 6 aromatic carbocycles. The summed E-state index contributed by atoms with van der Waals surface area (Å²) in [5.41, 5.74) is 8.44. The van der Waals surface area contributed by atoms with Crippen LogP contribution in [0.5, 0.6) is 0 Å². The Morgan fingerprint density at radius 3 is 1.54 bits per heavy atom. The average molecular weight is 592 g/mol. The van der Waals surface area contributed by atoms with E-state index in [1.54, 1.807) is 0 Å². The minimum atomic E-state index is 0.565. The first-order valence-electron chi connectivity index (χ1n) is 15.2. The van der Waals surface area contributed by atoms with Gasteiger partial charge in [0.1, 0.15) is 5.52 Å². The average Bonchev–Trinajstić information content (AvgIpc) is 3.72. The fourth-order valence-electron chi connectivity index (χ4n) is 6.08. The van der Waals surface area contributed by atoms with Gasteiger partial charge < -0.3 is 8.98 Å². The molecule has 0 aliphatic heterocycles. The zero-order valence-electron chi connectivity index (χ0n) is 24.6. The molecule has 0 spiro atoms. The molecule has 0 aliphatic rings. The molecule has 0 fully saturated rings. The second-order valence-corrected chi connectivity index (χ2v) is 11.2. The normalized spacial score (nSPS) is 11.5. The van der Waals surface area contributed by atoms with Crippen molar-refractivity contribution in [3.63, 3.8) is 0 Å². The van der Waals surface area contributed by atoms with Crippen LogP contribution in [-0.4, -0.2) is 24.5 Å². The van der Waals surface area contributed by atoms with Gasteiger partial charge in [-0.2, -0.15) is 0 Å². The summed E-state index contributed by atoms with van der Waals surface area (Å²) in [4.78, 5) is 19.5. The number of rotatable bonds is 5. The Balaban J connectivity index is 1.15. The molecule has 6 heteroatoms. The molecule has 216 valence electrons.